The van der Waals surface area contributed by atoms with Crippen molar-refractivity contribution in [2.45, 2.75) is 92.2 Å². The Morgan fingerprint density at radius 1 is 0.719 bits per heavy atom. The van der Waals surface area contributed by atoms with E-state index in [2.05, 4.69) is 163 Å². The van der Waals surface area contributed by atoms with Crippen molar-refractivity contribution in [3.05, 3.63) is 185 Å². The number of fused-ring (bicyclic) bond motifs is 6. The number of benzene rings is 3. The number of hydrogen-bond donors (Lipinski definition) is 0. The number of allylic oxidation sites excluding steroid dienone is 15. The maximum absolute atomic E-state index is 5.40. The van der Waals surface area contributed by atoms with Crippen LogP contribution in [0.15, 0.2) is 161 Å². The third kappa shape index (κ3) is 6.17. The van der Waals surface area contributed by atoms with Gasteiger partial charge >= 0.3 is 0 Å². The molecule has 57 heavy (non-hydrogen) atoms. The van der Waals surface area contributed by atoms with Gasteiger partial charge in [0.15, 0.2) is 11.6 Å². The fraction of sp³-hybridized carbons (Fsp3) is 0.288. The zero-order valence-corrected chi connectivity index (χ0v) is 33.4. The first-order chi connectivity index (χ1) is 28.2. The molecular formula is C52H48N4S. The molecule has 1 aromatic heterocycles. The van der Waals surface area contributed by atoms with Crippen LogP contribution in [0.5, 0.6) is 0 Å². The third-order valence-corrected chi connectivity index (χ3v) is 14.7. The van der Waals surface area contributed by atoms with Crippen molar-refractivity contribution in [1.82, 2.24) is 15.0 Å². The summed E-state index contributed by atoms with van der Waals surface area (Å²) in [5, 5.41) is 0.522. The van der Waals surface area contributed by atoms with Gasteiger partial charge in [-0.25, -0.2) is 15.0 Å². The zero-order chi connectivity index (χ0) is 37.9. The van der Waals surface area contributed by atoms with E-state index in [-0.39, 0.29) is 5.92 Å². The number of anilines is 1. The first kappa shape index (κ1) is 34.9. The van der Waals surface area contributed by atoms with E-state index in [1.807, 2.05) is 0 Å². The van der Waals surface area contributed by atoms with Crippen LogP contribution in [0, 0.1) is 5.92 Å². The van der Waals surface area contributed by atoms with Crippen molar-refractivity contribution in [3.8, 4) is 11.4 Å². The van der Waals surface area contributed by atoms with Gasteiger partial charge in [0.2, 0.25) is 0 Å². The van der Waals surface area contributed by atoms with Crippen molar-refractivity contribution in [2.75, 3.05) is 4.90 Å². The highest BCUT2D eigenvalue weighted by molar-refractivity contribution is 8.00. The summed E-state index contributed by atoms with van der Waals surface area (Å²) in [6.07, 6.45) is 34.3. The Bertz CT molecular complexity index is 2500. The van der Waals surface area contributed by atoms with Gasteiger partial charge in [0.25, 0.3) is 0 Å². The Labute approximate surface area is 341 Å². The molecule has 0 N–H and O–H groups in total. The Kier molecular flexibility index (Phi) is 8.95. The van der Waals surface area contributed by atoms with Crippen LogP contribution >= 0.6 is 11.8 Å². The quantitative estimate of drug-likeness (QED) is 0.183. The number of rotatable bonds is 6. The lowest BCUT2D eigenvalue weighted by atomic mass is 9.74. The lowest BCUT2D eigenvalue weighted by molar-refractivity contribution is 0.547. The second-order valence-electron chi connectivity index (χ2n) is 16.7. The van der Waals surface area contributed by atoms with Crippen molar-refractivity contribution in [2.24, 2.45) is 5.92 Å². The number of hydrogen-bond acceptors (Lipinski definition) is 5. The summed E-state index contributed by atoms with van der Waals surface area (Å²) in [5.74, 6) is 3.75. The summed E-state index contributed by atoms with van der Waals surface area (Å²) >= 11 is 2.15. The minimum atomic E-state index is 0.113. The molecule has 282 valence electrons. The zero-order valence-electron chi connectivity index (χ0n) is 32.6. The van der Waals surface area contributed by atoms with Gasteiger partial charge in [-0.3, -0.25) is 0 Å². The van der Waals surface area contributed by atoms with E-state index in [0.29, 0.717) is 29.0 Å². The summed E-state index contributed by atoms with van der Waals surface area (Å²) in [5.41, 5.74) is 13.7. The molecule has 7 aliphatic rings. The Morgan fingerprint density at radius 3 is 2.37 bits per heavy atom. The maximum atomic E-state index is 5.40. The van der Waals surface area contributed by atoms with Gasteiger partial charge in [0, 0.05) is 56.5 Å². The number of thioether (sulfide) groups is 1. The van der Waals surface area contributed by atoms with E-state index >= 15 is 0 Å². The van der Waals surface area contributed by atoms with Crippen molar-refractivity contribution in [1.29, 1.82) is 0 Å². The van der Waals surface area contributed by atoms with Gasteiger partial charge < -0.3 is 4.90 Å². The molecule has 6 unspecified atom stereocenters. The molecule has 6 atom stereocenters. The monoisotopic (exact) mass is 760 g/mol. The van der Waals surface area contributed by atoms with Crippen LogP contribution in [-0.4, -0.2) is 26.2 Å². The molecule has 0 spiro atoms. The summed E-state index contributed by atoms with van der Waals surface area (Å²) in [6, 6.07) is 27.2. The van der Waals surface area contributed by atoms with Gasteiger partial charge in [-0.15, -0.1) is 11.8 Å². The van der Waals surface area contributed by atoms with Crippen LogP contribution in [0.2, 0.25) is 0 Å². The Balaban J connectivity index is 1.08. The molecule has 11 rings (SSSR count). The highest BCUT2D eigenvalue weighted by atomic mass is 32.2. The highest BCUT2D eigenvalue weighted by Crippen LogP contribution is 2.60. The molecule has 3 aromatic carbocycles. The van der Waals surface area contributed by atoms with E-state index in [4.69, 9.17) is 15.0 Å². The number of nitrogens with zero attached hydrogens (tertiary/aromatic N) is 4. The van der Waals surface area contributed by atoms with Gasteiger partial charge in [-0.05, 0) is 115 Å². The molecule has 4 aromatic rings. The molecule has 0 saturated heterocycles. The van der Waals surface area contributed by atoms with Gasteiger partial charge in [0.1, 0.15) is 5.82 Å². The molecule has 0 fully saturated rings. The van der Waals surface area contributed by atoms with Crippen LogP contribution in [0.25, 0.3) is 22.5 Å². The molecule has 0 saturated carbocycles. The highest BCUT2D eigenvalue weighted by Gasteiger charge is 2.45. The van der Waals surface area contributed by atoms with Crippen molar-refractivity contribution >= 4 is 28.6 Å². The summed E-state index contributed by atoms with van der Waals surface area (Å²) in [4.78, 5) is 20.2. The SMILES string of the molecule is CC1C=CC=C2C1c1cc3c(cc1N2C1CC=CCC1)C1C(C2=C(c4nc(-c5ccccc5)nc(C5C=CC=CC5)n4)C=C(c4ccccc4)CC2)=CCCC1S3. The second kappa shape index (κ2) is 14.6. The molecule has 5 aliphatic carbocycles. The molecule has 2 aliphatic heterocycles. The smallest absolute Gasteiger partial charge is 0.164 e. The summed E-state index contributed by atoms with van der Waals surface area (Å²) in [7, 11) is 0. The first-order valence-electron chi connectivity index (χ1n) is 21.2. The van der Waals surface area contributed by atoms with E-state index < -0.39 is 0 Å². The lowest BCUT2D eigenvalue weighted by Gasteiger charge is -2.35. The van der Waals surface area contributed by atoms with Crippen LogP contribution in [0.4, 0.5) is 5.69 Å². The molecule has 0 amide bonds. The van der Waals surface area contributed by atoms with Crippen LogP contribution in [0.3, 0.4) is 0 Å². The van der Waals surface area contributed by atoms with E-state index in [1.165, 1.54) is 62.5 Å². The molecule has 0 bridgehead atoms. The molecule has 5 heteroatoms. The largest absolute Gasteiger partial charge is 0.341 e. The standard InChI is InChI=1S/C52H48N4S/c1-33-16-14-26-44-48(33)42-32-47-43(31-45(42)56(44)38-23-12-5-13-24-38)49-40(25-15-27-46(49)57-47)39-29-28-37(34-17-6-2-7-18-34)30-41(39)52-54-50(35-19-8-3-9-20-35)53-51(55-52)36-21-10-4-11-22-36/h2-12,14,16-21,25-26,30-33,36,38,46,48-49H,13,15,22-24,27-29H2,1H3. The fourth-order valence-electron chi connectivity index (χ4n) is 10.6. The Hall–Kier alpha value is -5.26. The first-order valence-corrected chi connectivity index (χ1v) is 22.1. The number of aromatic nitrogens is 3. The average Bonchev–Trinajstić information content (AvgIpc) is 3.82. The molecule has 3 heterocycles. The predicted octanol–water partition coefficient (Wildman–Crippen LogP) is 12.8. The van der Waals surface area contributed by atoms with Gasteiger partial charge in [-0.2, -0.15) is 0 Å². The van der Waals surface area contributed by atoms with Crippen molar-refractivity contribution in [3.63, 3.8) is 0 Å². The summed E-state index contributed by atoms with van der Waals surface area (Å²) < 4.78 is 0. The molecule has 4 nitrogen and oxygen atoms in total. The predicted molar refractivity (Wildman–Crippen MR) is 236 cm³/mol. The van der Waals surface area contributed by atoms with Crippen molar-refractivity contribution < 1.29 is 0 Å². The second-order valence-corrected chi connectivity index (χ2v) is 18.0. The third-order valence-electron chi connectivity index (χ3n) is 13.3. The van der Waals surface area contributed by atoms with E-state index in [0.717, 1.165) is 67.1 Å². The molecule has 0 radical (unpaired) electrons. The minimum Gasteiger partial charge on any atom is -0.341 e. The lowest BCUT2D eigenvalue weighted by Crippen LogP contribution is -2.34. The minimum absolute atomic E-state index is 0.113. The Morgan fingerprint density at radius 2 is 1.56 bits per heavy atom. The van der Waals surface area contributed by atoms with Crippen LogP contribution in [-0.2, 0) is 0 Å². The normalized spacial score (nSPS) is 27.0. The van der Waals surface area contributed by atoms with Crippen LogP contribution < -0.4 is 4.90 Å². The van der Waals surface area contributed by atoms with E-state index in [1.54, 1.807) is 0 Å². The van der Waals surface area contributed by atoms with Gasteiger partial charge in [-0.1, -0.05) is 122 Å². The van der Waals surface area contributed by atoms with Crippen LogP contribution in [0.1, 0.15) is 104 Å². The fourth-order valence-corrected chi connectivity index (χ4v) is 12.1. The molecular weight excluding hydrogens is 713 g/mol. The van der Waals surface area contributed by atoms with E-state index in [9.17, 15) is 0 Å². The maximum Gasteiger partial charge on any atom is 0.164 e. The summed E-state index contributed by atoms with van der Waals surface area (Å²) in [6.45, 7) is 2.41. The average molecular weight is 761 g/mol. The van der Waals surface area contributed by atoms with Gasteiger partial charge in [0.05, 0.1) is 0 Å². The topological polar surface area (TPSA) is 41.9 Å².